The normalized spacial score (nSPS) is 11.5. The molecule has 28 heavy (non-hydrogen) atoms. The zero-order valence-electron chi connectivity index (χ0n) is 17.5. The quantitative estimate of drug-likeness (QED) is 0.501. The Morgan fingerprint density at radius 1 is 1.18 bits per heavy atom. The lowest BCUT2D eigenvalue weighted by Crippen LogP contribution is -2.34. The van der Waals surface area contributed by atoms with Crippen LogP contribution in [0.2, 0.25) is 0 Å². The number of rotatable bonds is 8. The summed E-state index contributed by atoms with van der Waals surface area (Å²) >= 11 is 0. The number of para-hydroxylation sites is 2. The highest BCUT2D eigenvalue weighted by atomic mass is 16.6. The fraction of sp³-hybridized carbons (Fsp3) is 0.571. The van der Waals surface area contributed by atoms with Crippen molar-refractivity contribution in [2.75, 3.05) is 13.7 Å². The van der Waals surface area contributed by atoms with Crippen molar-refractivity contribution in [3.8, 4) is 0 Å². The van der Waals surface area contributed by atoms with E-state index in [0.29, 0.717) is 19.6 Å². The third-order valence-electron chi connectivity index (χ3n) is 4.14. The highest BCUT2D eigenvalue weighted by molar-refractivity contribution is 5.76. The molecule has 0 N–H and O–H groups in total. The largest absolute Gasteiger partial charge is 0.466 e. The molecule has 7 heteroatoms. The van der Waals surface area contributed by atoms with Crippen LogP contribution in [0.4, 0.5) is 4.79 Å². The fourth-order valence-electron chi connectivity index (χ4n) is 2.88. The summed E-state index contributed by atoms with van der Waals surface area (Å²) in [6.45, 7) is 8.82. The van der Waals surface area contributed by atoms with Crippen LogP contribution in [0.15, 0.2) is 24.3 Å². The summed E-state index contributed by atoms with van der Waals surface area (Å²) < 4.78 is 12.5. The summed E-state index contributed by atoms with van der Waals surface area (Å²) in [6.07, 6.45) is 1.59. The molecular formula is C21H31N3O4. The Bertz CT molecular complexity index is 808. The number of ether oxygens (including phenoxy) is 2. The van der Waals surface area contributed by atoms with E-state index in [1.54, 1.807) is 7.05 Å². The molecule has 2 rings (SSSR count). The molecule has 0 atom stereocenters. The van der Waals surface area contributed by atoms with Crippen LogP contribution < -0.4 is 0 Å². The molecule has 0 fully saturated rings. The molecule has 0 unspecified atom stereocenters. The van der Waals surface area contributed by atoms with Crippen molar-refractivity contribution in [3.63, 3.8) is 0 Å². The molecular weight excluding hydrogens is 358 g/mol. The van der Waals surface area contributed by atoms with Gasteiger partial charge in [0.05, 0.1) is 24.2 Å². The summed E-state index contributed by atoms with van der Waals surface area (Å²) in [5.74, 6) is 0.633. The van der Waals surface area contributed by atoms with Crippen molar-refractivity contribution >= 4 is 23.1 Å². The smallest absolute Gasteiger partial charge is 0.410 e. The van der Waals surface area contributed by atoms with Crippen LogP contribution in [0.1, 0.15) is 52.8 Å². The number of unbranched alkanes of at least 4 members (excludes halogenated alkanes) is 1. The number of hydrogen-bond acceptors (Lipinski definition) is 5. The van der Waals surface area contributed by atoms with E-state index in [2.05, 4.69) is 4.57 Å². The number of amides is 1. The minimum Gasteiger partial charge on any atom is -0.466 e. The lowest BCUT2D eigenvalue weighted by Gasteiger charge is -2.24. The zero-order valence-corrected chi connectivity index (χ0v) is 17.5. The zero-order chi connectivity index (χ0) is 20.7. The van der Waals surface area contributed by atoms with Gasteiger partial charge in [0.15, 0.2) is 0 Å². The molecule has 7 nitrogen and oxygen atoms in total. The number of fused-ring (bicyclic) bond motifs is 1. The monoisotopic (exact) mass is 389 g/mol. The molecule has 0 radical (unpaired) electrons. The van der Waals surface area contributed by atoms with E-state index >= 15 is 0 Å². The Labute approximate surface area is 166 Å². The minimum atomic E-state index is -0.543. The summed E-state index contributed by atoms with van der Waals surface area (Å²) in [6, 6.07) is 7.90. The van der Waals surface area contributed by atoms with Gasteiger partial charge in [0.25, 0.3) is 0 Å². The van der Waals surface area contributed by atoms with Crippen LogP contribution in [-0.2, 0) is 27.4 Å². The number of carbonyl (C=O) groups excluding carboxylic acids is 2. The van der Waals surface area contributed by atoms with E-state index in [-0.39, 0.29) is 12.1 Å². The van der Waals surface area contributed by atoms with Crippen molar-refractivity contribution < 1.29 is 19.1 Å². The highest BCUT2D eigenvalue weighted by Gasteiger charge is 2.21. The second kappa shape index (κ2) is 9.57. The third-order valence-corrected chi connectivity index (χ3v) is 4.14. The standard InChI is InChI=1S/C21H31N3O4/c1-6-27-19(25)13-9-10-14-24-17-12-8-7-11-16(17)22-18(24)15-23(5)20(26)28-21(2,3)4/h7-8,11-12H,6,9-10,13-15H2,1-5H3. The number of imidazole rings is 1. The predicted molar refractivity (Wildman–Crippen MR) is 108 cm³/mol. The van der Waals surface area contributed by atoms with Gasteiger partial charge in [-0.25, -0.2) is 9.78 Å². The van der Waals surface area contributed by atoms with Crippen LogP contribution >= 0.6 is 0 Å². The third kappa shape index (κ3) is 6.25. The number of aromatic nitrogens is 2. The molecule has 1 amide bonds. The first-order valence-electron chi connectivity index (χ1n) is 9.75. The van der Waals surface area contributed by atoms with Gasteiger partial charge in [-0.05, 0) is 52.7 Å². The number of hydrogen-bond donors (Lipinski definition) is 0. The predicted octanol–water partition coefficient (Wildman–Crippen LogP) is 4.14. The molecule has 1 heterocycles. The number of carbonyl (C=O) groups is 2. The summed E-state index contributed by atoms with van der Waals surface area (Å²) in [5, 5.41) is 0. The van der Waals surface area contributed by atoms with Gasteiger partial charge in [-0.3, -0.25) is 4.79 Å². The van der Waals surface area contributed by atoms with E-state index < -0.39 is 5.60 Å². The van der Waals surface area contributed by atoms with Gasteiger partial charge < -0.3 is 18.9 Å². The van der Waals surface area contributed by atoms with Gasteiger partial charge in [-0.15, -0.1) is 0 Å². The summed E-state index contributed by atoms with van der Waals surface area (Å²) in [7, 11) is 1.71. The second-order valence-corrected chi connectivity index (χ2v) is 7.77. The van der Waals surface area contributed by atoms with Crippen molar-refractivity contribution in [2.24, 2.45) is 0 Å². The van der Waals surface area contributed by atoms with E-state index in [9.17, 15) is 9.59 Å². The van der Waals surface area contributed by atoms with E-state index in [1.165, 1.54) is 4.90 Å². The van der Waals surface area contributed by atoms with Crippen LogP contribution in [-0.4, -0.2) is 45.8 Å². The Kier molecular flexibility index (Phi) is 7.43. The van der Waals surface area contributed by atoms with Crippen LogP contribution in [0, 0.1) is 0 Å². The number of aryl methyl sites for hydroxylation is 1. The lowest BCUT2D eigenvalue weighted by atomic mass is 10.2. The minimum absolute atomic E-state index is 0.164. The highest BCUT2D eigenvalue weighted by Crippen LogP contribution is 2.19. The molecule has 1 aromatic heterocycles. The molecule has 0 aliphatic rings. The maximum absolute atomic E-state index is 12.3. The molecule has 0 aliphatic carbocycles. The van der Waals surface area contributed by atoms with Gasteiger partial charge >= 0.3 is 12.1 Å². The Morgan fingerprint density at radius 2 is 1.89 bits per heavy atom. The van der Waals surface area contributed by atoms with Crippen LogP contribution in [0.5, 0.6) is 0 Å². The molecule has 0 saturated carbocycles. The molecule has 0 aliphatic heterocycles. The van der Waals surface area contributed by atoms with Crippen LogP contribution in [0.3, 0.4) is 0 Å². The molecule has 0 spiro atoms. The first kappa shape index (κ1) is 21.7. The average molecular weight is 389 g/mol. The molecule has 1 aromatic carbocycles. The Hall–Kier alpha value is -2.57. The SMILES string of the molecule is CCOC(=O)CCCCn1c(CN(C)C(=O)OC(C)(C)C)nc2ccccc21. The van der Waals surface area contributed by atoms with Crippen molar-refractivity contribution in [3.05, 3.63) is 30.1 Å². The Morgan fingerprint density at radius 3 is 2.57 bits per heavy atom. The van der Waals surface area contributed by atoms with Crippen molar-refractivity contribution in [2.45, 2.75) is 65.6 Å². The maximum Gasteiger partial charge on any atom is 0.410 e. The average Bonchev–Trinajstić information content (AvgIpc) is 2.94. The van der Waals surface area contributed by atoms with Crippen molar-refractivity contribution in [1.82, 2.24) is 14.5 Å². The Balaban J connectivity index is 2.09. The second-order valence-electron chi connectivity index (χ2n) is 7.77. The van der Waals surface area contributed by atoms with Gasteiger partial charge in [0, 0.05) is 20.0 Å². The summed E-state index contributed by atoms with van der Waals surface area (Å²) in [4.78, 5) is 30.0. The molecule has 0 saturated heterocycles. The van der Waals surface area contributed by atoms with Crippen molar-refractivity contribution in [1.29, 1.82) is 0 Å². The van der Waals surface area contributed by atoms with E-state index in [0.717, 1.165) is 36.2 Å². The molecule has 0 bridgehead atoms. The maximum atomic E-state index is 12.3. The first-order valence-corrected chi connectivity index (χ1v) is 9.75. The number of nitrogens with zero attached hydrogens (tertiary/aromatic N) is 3. The number of esters is 1. The van der Waals surface area contributed by atoms with Gasteiger partial charge in [0.2, 0.25) is 0 Å². The molecule has 2 aromatic rings. The van der Waals surface area contributed by atoms with Crippen LogP contribution in [0.25, 0.3) is 11.0 Å². The lowest BCUT2D eigenvalue weighted by molar-refractivity contribution is -0.143. The van der Waals surface area contributed by atoms with E-state index in [4.69, 9.17) is 14.5 Å². The van der Waals surface area contributed by atoms with Gasteiger partial charge in [-0.2, -0.15) is 0 Å². The fourth-order valence-corrected chi connectivity index (χ4v) is 2.88. The molecule has 154 valence electrons. The summed E-state index contributed by atoms with van der Waals surface area (Å²) in [5.41, 5.74) is 1.37. The van der Waals surface area contributed by atoms with Gasteiger partial charge in [-0.1, -0.05) is 12.1 Å². The first-order chi connectivity index (χ1) is 13.2. The topological polar surface area (TPSA) is 73.7 Å². The van der Waals surface area contributed by atoms with E-state index in [1.807, 2.05) is 52.0 Å². The van der Waals surface area contributed by atoms with Gasteiger partial charge in [0.1, 0.15) is 11.4 Å². The number of benzene rings is 1.